The minimum atomic E-state index is 0.0786. The van der Waals surface area contributed by atoms with Gasteiger partial charge in [-0.15, -0.1) is 11.3 Å². The minimum Gasteiger partial charge on any atom is -0.490 e. The van der Waals surface area contributed by atoms with E-state index in [1.54, 1.807) is 18.3 Å². The third kappa shape index (κ3) is 3.92. The van der Waals surface area contributed by atoms with Crippen molar-refractivity contribution >= 4 is 23.1 Å². The summed E-state index contributed by atoms with van der Waals surface area (Å²) in [6.45, 7) is 4.94. The summed E-state index contributed by atoms with van der Waals surface area (Å²) in [5.74, 6) is 1.89. The Morgan fingerprint density at radius 2 is 1.83 bits per heavy atom. The average molecular weight is 412 g/mol. The molecule has 3 aliphatic rings. The summed E-state index contributed by atoms with van der Waals surface area (Å²) in [7, 11) is 0. The third-order valence-electron chi connectivity index (χ3n) is 6.48. The number of likely N-dealkylation sites (tertiary alicyclic amines) is 1. The second kappa shape index (κ2) is 8.07. The minimum absolute atomic E-state index is 0.0786. The SMILES string of the molecule is CC(=O)N1CCCc2sc(-c3ccc(OC4CC(N5CCCCC5)C4)cc3)nc21. The van der Waals surface area contributed by atoms with Gasteiger partial charge in [-0.25, -0.2) is 4.98 Å². The highest BCUT2D eigenvalue weighted by Gasteiger charge is 2.35. The van der Waals surface area contributed by atoms with E-state index in [1.807, 2.05) is 4.90 Å². The van der Waals surface area contributed by atoms with E-state index in [0.29, 0.717) is 6.10 Å². The van der Waals surface area contributed by atoms with Gasteiger partial charge < -0.3 is 9.64 Å². The molecule has 0 atom stereocenters. The Morgan fingerprint density at radius 1 is 1.07 bits per heavy atom. The molecule has 0 spiro atoms. The van der Waals surface area contributed by atoms with Crippen LogP contribution in [0.1, 0.15) is 50.3 Å². The van der Waals surface area contributed by atoms with Crippen molar-refractivity contribution in [3.8, 4) is 16.3 Å². The van der Waals surface area contributed by atoms with Gasteiger partial charge in [0.05, 0.1) is 0 Å². The van der Waals surface area contributed by atoms with Gasteiger partial charge in [0.1, 0.15) is 22.7 Å². The molecule has 6 heteroatoms. The number of carbonyl (C=O) groups is 1. The van der Waals surface area contributed by atoms with E-state index >= 15 is 0 Å². The lowest BCUT2D eigenvalue weighted by Gasteiger charge is -2.44. The van der Waals surface area contributed by atoms with E-state index in [0.717, 1.165) is 60.4 Å². The molecule has 1 aromatic carbocycles. The number of carbonyl (C=O) groups excluding carboxylic acids is 1. The van der Waals surface area contributed by atoms with Crippen molar-refractivity contribution < 1.29 is 9.53 Å². The van der Waals surface area contributed by atoms with Crippen molar-refractivity contribution in [2.75, 3.05) is 24.5 Å². The molecule has 0 unspecified atom stereocenters. The first-order valence-corrected chi connectivity index (χ1v) is 11.8. The molecular weight excluding hydrogens is 382 g/mol. The van der Waals surface area contributed by atoms with Crippen molar-refractivity contribution in [1.82, 2.24) is 9.88 Å². The summed E-state index contributed by atoms with van der Waals surface area (Å²) < 4.78 is 6.20. The smallest absolute Gasteiger partial charge is 0.225 e. The van der Waals surface area contributed by atoms with E-state index in [2.05, 4.69) is 29.2 Å². The summed E-state index contributed by atoms with van der Waals surface area (Å²) >= 11 is 1.71. The predicted octanol–water partition coefficient (Wildman–Crippen LogP) is 4.50. The van der Waals surface area contributed by atoms with E-state index in [-0.39, 0.29) is 5.91 Å². The molecule has 3 heterocycles. The van der Waals surface area contributed by atoms with Gasteiger partial charge >= 0.3 is 0 Å². The quantitative estimate of drug-likeness (QED) is 0.743. The number of fused-ring (bicyclic) bond motifs is 1. The molecule has 0 radical (unpaired) electrons. The third-order valence-corrected chi connectivity index (χ3v) is 7.63. The Balaban J connectivity index is 1.21. The van der Waals surface area contributed by atoms with Crippen LogP contribution in [-0.4, -0.2) is 47.6 Å². The maximum Gasteiger partial charge on any atom is 0.225 e. The zero-order chi connectivity index (χ0) is 19.8. The molecule has 1 aliphatic carbocycles. The van der Waals surface area contributed by atoms with Crippen molar-refractivity contribution in [3.63, 3.8) is 0 Å². The number of thiazole rings is 1. The molecule has 0 bridgehead atoms. The molecule has 5 nitrogen and oxygen atoms in total. The fraction of sp³-hybridized carbons (Fsp3) is 0.565. The number of nitrogens with zero attached hydrogens (tertiary/aromatic N) is 3. The van der Waals surface area contributed by atoms with Crippen molar-refractivity contribution in [1.29, 1.82) is 0 Å². The number of hydrogen-bond donors (Lipinski definition) is 0. The highest BCUT2D eigenvalue weighted by atomic mass is 32.1. The number of piperidine rings is 1. The van der Waals surface area contributed by atoms with E-state index in [1.165, 1.54) is 37.2 Å². The lowest BCUT2D eigenvalue weighted by Crippen LogP contribution is -2.50. The molecule has 1 saturated heterocycles. The van der Waals surface area contributed by atoms with Gasteiger partial charge in [-0.05, 0) is 63.0 Å². The van der Waals surface area contributed by atoms with Crippen LogP contribution >= 0.6 is 11.3 Å². The summed E-state index contributed by atoms with van der Waals surface area (Å²) in [4.78, 5) is 22.4. The standard InChI is InChI=1S/C23H29N3O2S/c1-16(27)26-13-5-6-21-22(26)24-23(29-21)17-7-9-19(10-8-17)28-20-14-18(15-20)25-11-3-2-4-12-25/h7-10,18,20H,2-6,11-15H2,1H3. The zero-order valence-corrected chi connectivity index (χ0v) is 17.9. The molecule has 2 aliphatic heterocycles. The first kappa shape index (κ1) is 19.1. The Morgan fingerprint density at radius 3 is 2.55 bits per heavy atom. The number of benzene rings is 1. The highest BCUT2D eigenvalue weighted by Crippen LogP contribution is 2.37. The number of anilines is 1. The number of aryl methyl sites for hydroxylation is 1. The molecule has 1 amide bonds. The summed E-state index contributed by atoms with van der Waals surface area (Å²) in [5.41, 5.74) is 1.10. The first-order valence-electron chi connectivity index (χ1n) is 11.0. The topological polar surface area (TPSA) is 45.7 Å². The molecule has 1 aromatic heterocycles. The number of rotatable bonds is 4. The molecule has 2 aromatic rings. The molecule has 2 fully saturated rings. The van der Waals surface area contributed by atoms with Gasteiger partial charge in [0.25, 0.3) is 0 Å². The Hall–Kier alpha value is -1.92. The molecular formula is C23H29N3O2S. The maximum atomic E-state index is 11.9. The van der Waals surface area contributed by atoms with Gasteiger partial charge in [0.2, 0.25) is 5.91 Å². The average Bonchev–Trinajstić information content (AvgIpc) is 3.15. The lowest BCUT2D eigenvalue weighted by molar-refractivity contribution is -0.116. The summed E-state index contributed by atoms with van der Waals surface area (Å²) in [5, 5.41) is 0.989. The zero-order valence-electron chi connectivity index (χ0n) is 17.1. The van der Waals surface area contributed by atoms with Gasteiger partial charge in [-0.1, -0.05) is 6.42 Å². The van der Waals surface area contributed by atoms with Crippen molar-refractivity contribution in [2.45, 2.75) is 64.0 Å². The van der Waals surface area contributed by atoms with E-state index in [4.69, 9.17) is 9.72 Å². The first-order chi connectivity index (χ1) is 14.2. The molecule has 0 N–H and O–H groups in total. The van der Waals surface area contributed by atoms with Crippen LogP contribution in [0.15, 0.2) is 24.3 Å². The van der Waals surface area contributed by atoms with Crippen molar-refractivity contribution in [3.05, 3.63) is 29.1 Å². The van der Waals surface area contributed by atoms with Crippen LogP contribution < -0.4 is 9.64 Å². The van der Waals surface area contributed by atoms with Gasteiger partial charge in [0, 0.05) is 42.8 Å². The maximum absolute atomic E-state index is 11.9. The fourth-order valence-corrected chi connectivity index (χ4v) is 5.85. The highest BCUT2D eigenvalue weighted by molar-refractivity contribution is 7.15. The number of amides is 1. The Labute approximate surface area is 176 Å². The number of ether oxygens (including phenoxy) is 1. The van der Waals surface area contributed by atoms with Crippen LogP contribution in [-0.2, 0) is 11.2 Å². The second-order valence-corrected chi connectivity index (χ2v) is 9.61. The largest absolute Gasteiger partial charge is 0.490 e. The van der Waals surface area contributed by atoms with Crippen LogP contribution in [0.25, 0.3) is 10.6 Å². The lowest BCUT2D eigenvalue weighted by atomic mass is 9.86. The van der Waals surface area contributed by atoms with Crippen molar-refractivity contribution in [2.24, 2.45) is 0 Å². The monoisotopic (exact) mass is 411 g/mol. The number of aromatic nitrogens is 1. The number of hydrogen-bond acceptors (Lipinski definition) is 5. The van der Waals surface area contributed by atoms with Crippen LogP contribution in [0.3, 0.4) is 0 Å². The summed E-state index contributed by atoms with van der Waals surface area (Å²) in [6.07, 6.45) is 8.79. The Bertz CT molecular complexity index is 867. The second-order valence-electron chi connectivity index (χ2n) is 8.53. The fourth-order valence-electron chi connectivity index (χ4n) is 4.74. The van der Waals surface area contributed by atoms with Gasteiger partial charge in [0.15, 0.2) is 0 Å². The normalized spacial score (nSPS) is 24.7. The predicted molar refractivity (Wildman–Crippen MR) is 117 cm³/mol. The van der Waals surface area contributed by atoms with Gasteiger partial charge in [-0.3, -0.25) is 9.69 Å². The van der Waals surface area contributed by atoms with Crippen LogP contribution in [0.5, 0.6) is 5.75 Å². The molecule has 29 heavy (non-hydrogen) atoms. The molecule has 154 valence electrons. The van der Waals surface area contributed by atoms with Crippen LogP contribution in [0.2, 0.25) is 0 Å². The summed E-state index contributed by atoms with van der Waals surface area (Å²) in [6, 6.07) is 9.04. The van der Waals surface area contributed by atoms with E-state index in [9.17, 15) is 4.79 Å². The van der Waals surface area contributed by atoms with Crippen LogP contribution in [0, 0.1) is 0 Å². The van der Waals surface area contributed by atoms with E-state index < -0.39 is 0 Å². The molecule has 1 saturated carbocycles. The van der Waals surface area contributed by atoms with Gasteiger partial charge in [-0.2, -0.15) is 0 Å². The van der Waals surface area contributed by atoms with Crippen LogP contribution in [0.4, 0.5) is 5.82 Å². The Kier molecular flexibility index (Phi) is 5.31. The molecule has 5 rings (SSSR count).